The summed E-state index contributed by atoms with van der Waals surface area (Å²) in [5.74, 6) is 4.60. The Morgan fingerprint density at radius 1 is 0.833 bits per heavy atom. The van der Waals surface area contributed by atoms with Crippen molar-refractivity contribution in [1.82, 2.24) is 9.34 Å². The van der Waals surface area contributed by atoms with Crippen LogP contribution in [0.5, 0.6) is 0 Å². The molecule has 1 rings (SSSR count). The molecule has 0 aromatic carbocycles. The van der Waals surface area contributed by atoms with Gasteiger partial charge in [0.25, 0.3) is 0 Å². The monoisotopic (exact) mass is 184 g/mol. The fraction of sp³-hybridized carbons (Fsp3) is 0.444. The van der Waals surface area contributed by atoms with Crippen LogP contribution in [0.1, 0.15) is 0 Å². The van der Waals surface area contributed by atoms with Crippen LogP contribution in [0.25, 0.3) is 0 Å². The van der Waals surface area contributed by atoms with Gasteiger partial charge in [-0.05, 0) is 39.8 Å². The lowest BCUT2D eigenvalue weighted by Crippen LogP contribution is -2.21. The third-order valence-electron chi connectivity index (χ3n) is 2.11. The van der Waals surface area contributed by atoms with Crippen LogP contribution in [0.4, 0.5) is 0 Å². The highest BCUT2D eigenvalue weighted by atomic mass is 31.2. The van der Waals surface area contributed by atoms with Gasteiger partial charge in [0.15, 0.2) is 0 Å². The van der Waals surface area contributed by atoms with E-state index >= 15 is 0 Å². The maximum atomic E-state index is 2.30. The summed E-state index contributed by atoms with van der Waals surface area (Å²) >= 11 is 0. The predicted molar refractivity (Wildman–Crippen MR) is 58.6 cm³/mol. The molecule has 0 aromatic heterocycles. The Kier molecular flexibility index (Phi) is 2.94. The van der Waals surface area contributed by atoms with Crippen LogP contribution in [-0.4, -0.2) is 43.3 Å². The molecular weight excluding hydrogens is 167 g/mol. The molecule has 3 heteroatoms. The molecule has 0 saturated carbocycles. The summed E-state index contributed by atoms with van der Waals surface area (Å²) in [4.78, 5) is 0. The van der Waals surface area contributed by atoms with E-state index < -0.39 is 7.19 Å². The fourth-order valence-electron chi connectivity index (χ4n) is 1.36. The molecule has 0 spiro atoms. The van der Waals surface area contributed by atoms with Gasteiger partial charge >= 0.3 is 0 Å². The van der Waals surface area contributed by atoms with Crippen molar-refractivity contribution in [2.75, 3.05) is 28.2 Å². The van der Waals surface area contributed by atoms with Crippen molar-refractivity contribution in [2.45, 2.75) is 0 Å². The summed E-state index contributed by atoms with van der Waals surface area (Å²) in [5, 5.41) is 0. The van der Waals surface area contributed by atoms with Gasteiger partial charge in [0.1, 0.15) is 0 Å². The molecule has 1 heterocycles. The number of hydrogen-bond donors (Lipinski definition) is 0. The number of nitrogens with zero attached hydrogens (tertiary/aromatic N) is 2. The highest BCUT2D eigenvalue weighted by molar-refractivity contribution is 7.73. The Balaban J connectivity index is 3.12. The smallest absolute Gasteiger partial charge is 0.0362 e. The number of allylic oxidation sites excluding steroid dienone is 3. The van der Waals surface area contributed by atoms with Crippen LogP contribution in [-0.2, 0) is 0 Å². The second-order valence-electron chi connectivity index (χ2n) is 3.27. The van der Waals surface area contributed by atoms with Gasteiger partial charge in [-0.3, -0.25) is 9.34 Å². The summed E-state index contributed by atoms with van der Waals surface area (Å²) in [5.41, 5.74) is 0. The van der Waals surface area contributed by atoms with Gasteiger partial charge < -0.3 is 0 Å². The zero-order chi connectivity index (χ0) is 9.19. The predicted octanol–water partition coefficient (Wildman–Crippen LogP) is 1.84. The third-order valence-corrected chi connectivity index (χ3v) is 5.90. The van der Waals surface area contributed by atoms with Crippen LogP contribution in [0, 0.1) is 0 Å². The number of rotatable bonds is 2. The van der Waals surface area contributed by atoms with Gasteiger partial charge in [-0.1, -0.05) is 18.2 Å². The summed E-state index contributed by atoms with van der Waals surface area (Å²) < 4.78 is 4.60. The van der Waals surface area contributed by atoms with Crippen LogP contribution >= 0.6 is 7.19 Å². The molecule has 0 amide bonds. The molecule has 0 fully saturated rings. The second-order valence-corrected chi connectivity index (χ2v) is 6.87. The first-order valence-corrected chi connectivity index (χ1v) is 5.87. The lowest BCUT2D eigenvalue weighted by Gasteiger charge is -2.36. The molecule has 2 nitrogen and oxygen atoms in total. The van der Waals surface area contributed by atoms with E-state index in [9.17, 15) is 0 Å². The zero-order valence-electron chi connectivity index (χ0n) is 8.23. The van der Waals surface area contributed by atoms with Crippen molar-refractivity contribution >= 4 is 13.0 Å². The van der Waals surface area contributed by atoms with Gasteiger partial charge in [0.2, 0.25) is 0 Å². The summed E-state index contributed by atoms with van der Waals surface area (Å²) in [6, 6.07) is 0. The highest BCUT2D eigenvalue weighted by Gasteiger charge is 2.18. The standard InChI is InChI=1S/C9H17N2P/c1-10(2)12(11(3)4)8-6-5-7-9-12/h5-9H,1-4H3. The molecule has 0 unspecified atom stereocenters. The maximum Gasteiger partial charge on any atom is 0.0362 e. The topological polar surface area (TPSA) is 6.48 Å². The molecule has 1 aliphatic rings. The highest BCUT2D eigenvalue weighted by Crippen LogP contribution is 2.52. The second kappa shape index (κ2) is 3.61. The molecule has 12 heavy (non-hydrogen) atoms. The van der Waals surface area contributed by atoms with Crippen LogP contribution < -0.4 is 0 Å². The molecule has 0 radical (unpaired) electrons. The van der Waals surface area contributed by atoms with E-state index in [0.29, 0.717) is 0 Å². The fourth-order valence-corrected chi connectivity index (χ4v) is 3.94. The first-order valence-electron chi connectivity index (χ1n) is 4.04. The Bertz CT molecular complexity index is 250. The average molecular weight is 184 g/mol. The van der Waals surface area contributed by atoms with Gasteiger partial charge in [-0.2, -0.15) is 0 Å². The van der Waals surface area contributed by atoms with E-state index in [1.54, 1.807) is 0 Å². The summed E-state index contributed by atoms with van der Waals surface area (Å²) in [6.45, 7) is 0. The molecular formula is C9H17N2P. The minimum atomic E-state index is -1.26. The van der Waals surface area contributed by atoms with E-state index in [-0.39, 0.29) is 0 Å². The van der Waals surface area contributed by atoms with Gasteiger partial charge in [0.05, 0.1) is 0 Å². The molecule has 0 saturated heterocycles. The van der Waals surface area contributed by atoms with Crippen molar-refractivity contribution in [3.63, 3.8) is 0 Å². The minimum Gasteiger partial charge on any atom is -0.275 e. The molecule has 0 atom stereocenters. The number of hydrogen-bond acceptors (Lipinski definition) is 2. The normalized spacial score (nSPS) is 20.2. The van der Waals surface area contributed by atoms with Gasteiger partial charge in [-0.15, -0.1) is 0 Å². The lowest BCUT2D eigenvalue weighted by atomic mass is 10.5. The summed E-state index contributed by atoms with van der Waals surface area (Å²) in [7, 11) is 7.27. The van der Waals surface area contributed by atoms with Crippen LogP contribution in [0.15, 0.2) is 24.0 Å². The Labute approximate surface area is 75.2 Å². The minimum absolute atomic E-state index is 1.26. The van der Waals surface area contributed by atoms with Gasteiger partial charge in [-0.25, -0.2) is 0 Å². The van der Waals surface area contributed by atoms with Crippen molar-refractivity contribution in [3.05, 3.63) is 24.0 Å². The Morgan fingerprint density at radius 2 is 1.42 bits per heavy atom. The van der Waals surface area contributed by atoms with Gasteiger partial charge in [0, 0.05) is 7.19 Å². The van der Waals surface area contributed by atoms with Crippen LogP contribution in [0.3, 0.4) is 0 Å². The SMILES string of the molecule is CN(C)P1(N(C)C)=CC=CC=C1. The summed E-state index contributed by atoms with van der Waals surface area (Å²) in [6.07, 6.45) is 6.34. The molecule has 1 aliphatic heterocycles. The van der Waals surface area contributed by atoms with E-state index in [1.165, 1.54) is 0 Å². The van der Waals surface area contributed by atoms with E-state index in [4.69, 9.17) is 0 Å². The Morgan fingerprint density at radius 3 is 1.67 bits per heavy atom. The van der Waals surface area contributed by atoms with Crippen molar-refractivity contribution in [1.29, 1.82) is 0 Å². The van der Waals surface area contributed by atoms with Crippen molar-refractivity contribution in [2.24, 2.45) is 0 Å². The first-order chi connectivity index (χ1) is 5.59. The molecule has 0 bridgehead atoms. The maximum absolute atomic E-state index is 2.30. The zero-order valence-corrected chi connectivity index (χ0v) is 9.12. The lowest BCUT2D eigenvalue weighted by molar-refractivity contribution is 0.578. The average Bonchev–Trinajstić information content (AvgIpc) is 2.05. The Hall–Kier alpha value is -0.300. The first kappa shape index (κ1) is 9.79. The van der Waals surface area contributed by atoms with Crippen LogP contribution in [0.2, 0.25) is 0 Å². The third kappa shape index (κ3) is 1.56. The quantitative estimate of drug-likeness (QED) is 0.604. The van der Waals surface area contributed by atoms with E-state index in [1.807, 2.05) is 0 Å². The largest absolute Gasteiger partial charge is 0.275 e. The van der Waals surface area contributed by atoms with E-state index in [0.717, 1.165) is 0 Å². The van der Waals surface area contributed by atoms with Crippen molar-refractivity contribution < 1.29 is 0 Å². The van der Waals surface area contributed by atoms with Crippen molar-refractivity contribution in [3.8, 4) is 0 Å². The van der Waals surface area contributed by atoms with E-state index in [2.05, 4.69) is 67.4 Å². The molecule has 68 valence electrons. The molecule has 0 aromatic rings. The molecule has 0 N–H and O–H groups in total. The molecule has 0 aliphatic carbocycles.